The molecule has 3 heterocycles. The second-order valence-electron chi connectivity index (χ2n) is 7.52. The van der Waals surface area contributed by atoms with E-state index in [1.165, 1.54) is 10.4 Å². The number of likely N-dealkylation sites (tertiary alicyclic amines) is 1. The molecule has 0 radical (unpaired) electrons. The first-order valence-electron chi connectivity index (χ1n) is 9.95. The normalized spacial score (nSPS) is 17.9. The number of aryl methyl sites for hydroxylation is 3. The summed E-state index contributed by atoms with van der Waals surface area (Å²) in [6, 6.07) is 8.25. The number of nitrogens with one attached hydrogen (secondary N) is 1. The summed E-state index contributed by atoms with van der Waals surface area (Å²) in [6.45, 7) is 6.36. The quantitative estimate of drug-likeness (QED) is 0.713. The number of thiazole rings is 1. The van der Waals surface area contributed by atoms with E-state index in [9.17, 15) is 4.79 Å². The molecule has 1 N–H and O–H groups in total. The Labute approximate surface area is 169 Å². The van der Waals surface area contributed by atoms with Crippen molar-refractivity contribution in [2.75, 3.05) is 25.0 Å². The largest absolute Gasteiger partial charge is 0.331 e. The number of aromatic nitrogens is 3. The SMILES string of the molecule is CCc1nc(NC(=O)CN2CCC[C@H](c3nc4ccccc4n3C)C2)sc1C. The lowest BCUT2D eigenvalue weighted by Crippen LogP contribution is -2.40. The highest BCUT2D eigenvalue weighted by Gasteiger charge is 2.26. The summed E-state index contributed by atoms with van der Waals surface area (Å²) in [7, 11) is 2.09. The van der Waals surface area contributed by atoms with Crippen LogP contribution in [-0.2, 0) is 18.3 Å². The Kier molecular flexibility index (Phi) is 5.46. The molecule has 1 aromatic carbocycles. The molecule has 1 atom stereocenters. The molecule has 2 aromatic heterocycles. The van der Waals surface area contributed by atoms with Gasteiger partial charge in [0.15, 0.2) is 5.13 Å². The van der Waals surface area contributed by atoms with Crippen LogP contribution in [-0.4, -0.2) is 45.0 Å². The third-order valence-corrected chi connectivity index (χ3v) is 6.46. The summed E-state index contributed by atoms with van der Waals surface area (Å²) in [6.07, 6.45) is 3.09. The Morgan fingerprint density at radius 3 is 2.89 bits per heavy atom. The van der Waals surface area contributed by atoms with Crippen LogP contribution in [0.2, 0.25) is 0 Å². The molecule has 1 aliphatic heterocycles. The molecule has 6 nitrogen and oxygen atoms in total. The molecular formula is C21H27N5OS. The predicted octanol–water partition coefficient (Wildman–Crippen LogP) is 3.72. The van der Waals surface area contributed by atoms with Gasteiger partial charge in [-0.1, -0.05) is 19.1 Å². The zero-order valence-electron chi connectivity index (χ0n) is 16.7. The molecule has 0 saturated carbocycles. The third kappa shape index (κ3) is 3.82. The number of anilines is 1. The minimum Gasteiger partial charge on any atom is -0.331 e. The van der Waals surface area contributed by atoms with Gasteiger partial charge in [0.1, 0.15) is 5.82 Å². The van der Waals surface area contributed by atoms with E-state index in [4.69, 9.17) is 4.98 Å². The Morgan fingerprint density at radius 1 is 1.32 bits per heavy atom. The van der Waals surface area contributed by atoms with Crippen molar-refractivity contribution in [3.63, 3.8) is 0 Å². The number of nitrogens with zero attached hydrogens (tertiary/aromatic N) is 4. The molecule has 0 aliphatic carbocycles. The molecular weight excluding hydrogens is 370 g/mol. The molecule has 28 heavy (non-hydrogen) atoms. The highest BCUT2D eigenvalue weighted by atomic mass is 32.1. The first-order chi connectivity index (χ1) is 13.5. The van der Waals surface area contributed by atoms with Crippen LogP contribution in [0.1, 0.15) is 42.1 Å². The van der Waals surface area contributed by atoms with Crippen molar-refractivity contribution in [1.29, 1.82) is 0 Å². The Hall–Kier alpha value is -2.25. The smallest absolute Gasteiger partial charge is 0.240 e. The molecule has 1 amide bonds. The summed E-state index contributed by atoms with van der Waals surface area (Å²) in [5.41, 5.74) is 3.28. The van der Waals surface area contributed by atoms with Gasteiger partial charge in [0, 0.05) is 24.4 Å². The minimum absolute atomic E-state index is 0.0158. The summed E-state index contributed by atoms with van der Waals surface area (Å²) < 4.78 is 2.20. The fraction of sp³-hybridized carbons (Fsp3) is 0.476. The second kappa shape index (κ2) is 8.01. The number of piperidine rings is 1. The maximum Gasteiger partial charge on any atom is 0.240 e. The molecule has 1 fully saturated rings. The van der Waals surface area contributed by atoms with Crippen molar-refractivity contribution in [3.05, 3.63) is 40.7 Å². The topological polar surface area (TPSA) is 63.1 Å². The maximum atomic E-state index is 12.5. The fourth-order valence-corrected chi connectivity index (χ4v) is 5.03. The molecule has 0 spiro atoms. The van der Waals surface area contributed by atoms with E-state index in [1.54, 1.807) is 11.3 Å². The number of rotatable bonds is 5. The molecule has 4 rings (SSSR count). The molecule has 148 valence electrons. The lowest BCUT2D eigenvalue weighted by atomic mass is 9.97. The molecule has 0 unspecified atom stereocenters. The van der Waals surface area contributed by atoms with Gasteiger partial charge in [-0.05, 0) is 44.9 Å². The van der Waals surface area contributed by atoms with E-state index in [0.717, 1.165) is 49.4 Å². The van der Waals surface area contributed by atoms with E-state index in [1.807, 2.05) is 6.07 Å². The summed E-state index contributed by atoms with van der Waals surface area (Å²) in [5.74, 6) is 1.49. The monoisotopic (exact) mass is 397 g/mol. The number of benzene rings is 1. The molecule has 1 saturated heterocycles. The van der Waals surface area contributed by atoms with Gasteiger partial charge < -0.3 is 9.88 Å². The van der Waals surface area contributed by atoms with Gasteiger partial charge in [-0.3, -0.25) is 9.69 Å². The van der Waals surface area contributed by atoms with Crippen molar-refractivity contribution in [1.82, 2.24) is 19.4 Å². The van der Waals surface area contributed by atoms with Crippen molar-refractivity contribution < 1.29 is 4.79 Å². The highest BCUT2D eigenvalue weighted by molar-refractivity contribution is 7.15. The summed E-state index contributed by atoms with van der Waals surface area (Å²) in [4.78, 5) is 25.3. The molecule has 0 bridgehead atoms. The number of hydrogen-bond acceptors (Lipinski definition) is 5. The zero-order chi connectivity index (χ0) is 19.7. The van der Waals surface area contributed by atoms with Crippen LogP contribution in [0, 0.1) is 6.92 Å². The van der Waals surface area contributed by atoms with E-state index in [0.29, 0.717) is 17.6 Å². The number of carbonyl (C=O) groups excluding carboxylic acids is 1. The number of carbonyl (C=O) groups is 1. The van der Waals surface area contributed by atoms with Gasteiger partial charge >= 0.3 is 0 Å². The Bertz CT molecular complexity index is 992. The van der Waals surface area contributed by atoms with Gasteiger partial charge in [-0.25, -0.2) is 9.97 Å². The number of hydrogen-bond donors (Lipinski definition) is 1. The van der Waals surface area contributed by atoms with Gasteiger partial charge in [0.2, 0.25) is 5.91 Å². The number of amides is 1. The maximum absolute atomic E-state index is 12.5. The van der Waals surface area contributed by atoms with Crippen LogP contribution in [0.15, 0.2) is 24.3 Å². The third-order valence-electron chi connectivity index (χ3n) is 5.53. The van der Waals surface area contributed by atoms with Crippen molar-refractivity contribution in [3.8, 4) is 0 Å². The van der Waals surface area contributed by atoms with Gasteiger partial charge in [0.25, 0.3) is 0 Å². The molecule has 7 heteroatoms. The van der Waals surface area contributed by atoms with Crippen LogP contribution in [0.3, 0.4) is 0 Å². The fourth-order valence-electron chi connectivity index (χ4n) is 4.11. The van der Waals surface area contributed by atoms with Crippen LogP contribution >= 0.6 is 11.3 Å². The summed E-state index contributed by atoms with van der Waals surface area (Å²) >= 11 is 1.56. The van der Waals surface area contributed by atoms with Gasteiger partial charge in [-0.2, -0.15) is 0 Å². The highest BCUT2D eigenvalue weighted by Crippen LogP contribution is 2.28. The Morgan fingerprint density at radius 2 is 2.14 bits per heavy atom. The number of fused-ring (bicyclic) bond motifs is 1. The molecule has 1 aliphatic rings. The van der Waals surface area contributed by atoms with Crippen LogP contribution in [0.4, 0.5) is 5.13 Å². The van der Waals surface area contributed by atoms with Gasteiger partial charge in [-0.15, -0.1) is 11.3 Å². The molecule has 3 aromatic rings. The average Bonchev–Trinajstić information content (AvgIpc) is 3.21. The first-order valence-corrected chi connectivity index (χ1v) is 10.8. The standard InChI is InChI=1S/C21H27N5OS/c1-4-16-14(2)28-21(23-16)24-19(27)13-26-11-7-8-15(12-26)20-22-17-9-5-6-10-18(17)25(20)3/h5-6,9-10,15H,4,7-8,11-13H2,1-3H3,(H,23,24,27)/t15-/m0/s1. The lowest BCUT2D eigenvalue weighted by Gasteiger charge is -2.31. The van der Waals surface area contributed by atoms with Gasteiger partial charge in [0.05, 0.1) is 23.3 Å². The zero-order valence-corrected chi connectivity index (χ0v) is 17.6. The number of para-hydroxylation sites is 2. The minimum atomic E-state index is 0.0158. The summed E-state index contributed by atoms with van der Waals surface area (Å²) in [5, 5.41) is 3.69. The van der Waals surface area contributed by atoms with E-state index < -0.39 is 0 Å². The van der Waals surface area contributed by atoms with E-state index in [2.05, 4.69) is 58.9 Å². The first kappa shape index (κ1) is 19.1. The van der Waals surface area contributed by atoms with Crippen molar-refractivity contribution in [2.45, 2.75) is 39.0 Å². The lowest BCUT2D eigenvalue weighted by molar-refractivity contribution is -0.117. The predicted molar refractivity (Wildman–Crippen MR) is 114 cm³/mol. The number of imidazole rings is 1. The Balaban J connectivity index is 1.41. The van der Waals surface area contributed by atoms with Crippen molar-refractivity contribution >= 4 is 33.4 Å². The van der Waals surface area contributed by atoms with E-state index >= 15 is 0 Å². The van der Waals surface area contributed by atoms with Crippen molar-refractivity contribution in [2.24, 2.45) is 7.05 Å². The second-order valence-corrected chi connectivity index (χ2v) is 8.72. The van der Waals surface area contributed by atoms with E-state index in [-0.39, 0.29) is 5.91 Å². The average molecular weight is 398 g/mol. The van der Waals surface area contributed by atoms with Crippen LogP contribution < -0.4 is 5.32 Å². The van der Waals surface area contributed by atoms with Crippen LogP contribution in [0.25, 0.3) is 11.0 Å². The van der Waals surface area contributed by atoms with Crippen LogP contribution in [0.5, 0.6) is 0 Å².